The van der Waals surface area contributed by atoms with Crippen molar-refractivity contribution < 1.29 is 22.7 Å². The summed E-state index contributed by atoms with van der Waals surface area (Å²) in [5, 5.41) is 2.80. The van der Waals surface area contributed by atoms with Gasteiger partial charge in [-0.1, -0.05) is 12.1 Å². The molecule has 9 heteroatoms. The van der Waals surface area contributed by atoms with E-state index in [2.05, 4.69) is 20.0 Å². The van der Waals surface area contributed by atoms with Gasteiger partial charge in [0.25, 0.3) is 11.5 Å². The Morgan fingerprint density at radius 3 is 2.68 bits per heavy atom. The van der Waals surface area contributed by atoms with Gasteiger partial charge in [0.1, 0.15) is 11.3 Å². The van der Waals surface area contributed by atoms with Crippen LogP contribution in [0, 0.1) is 0 Å². The van der Waals surface area contributed by atoms with Crippen LogP contribution in [0.2, 0.25) is 0 Å². The van der Waals surface area contributed by atoms with Crippen LogP contribution >= 0.6 is 0 Å². The van der Waals surface area contributed by atoms with Crippen molar-refractivity contribution in [2.75, 3.05) is 5.32 Å². The normalized spacial score (nSPS) is 11.3. The summed E-state index contributed by atoms with van der Waals surface area (Å²) >= 11 is 0. The Bertz CT molecular complexity index is 999. The predicted molar refractivity (Wildman–Crippen MR) is 83.4 cm³/mol. The molecular weight excluding hydrogens is 339 g/mol. The van der Waals surface area contributed by atoms with Gasteiger partial charge >= 0.3 is 6.36 Å². The number of benzene rings is 2. The average molecular weight is 349 g/mol. The number of aromatic amines is 1. The van der Waals surface area contributed by atoms with Crippen LogP contribution in [0.5, 0.6) is 5.75 Å². The number of nitrogens with zero attached hydrogens (tertiary/aromatic N) is 1. The molecule has 0 aliphatic rings. The lowest BCUT2D eigenvalue weighted by molar-refractivity contribution is -0.274. The molecule has 0 spiro atoms. The van der Waals surface area contributed by atoms with Gasteiger partial charge in [-0.05, 0) is 30.3 Å². The summed E-state index contributed by atoms with van der Waals surface area (Å²) < 4.78 is 40.6. The Kier molecular flexibility index (Phi) is 4.14. The molecule has 2 aromatic carbocycles. The van der Waals surface area contributed by atoms with Crippen molar-refractivity contribution >= 4 is 22.5 Å². The number of ether oxygens (including phenoxy) is 1. The van der Waals surface area contributed by atoms with E-state index in [9.17, 15) is 22.8 Å². The van der Waals surface area contributed by atoms with Gasteiger partial charge in [-0.25, -0.2) is 4.98 Å². The molecule has 0 saturated heterocycles. The van der Waals surface area contributed by atoms with Crippen molar-refractivity contribution in [3.8, 4) is 5.75 Å². The lowest BCUT2D eigenvalue weighted by Crippen LogP contribution is -2.18. The highest BCUT2D eigenvalue weighted by Crippen LogP contribution is 2.24. The molecule has 0 unspecified atom stereocenters. The van der Waals surface area contributed by atoms with E-state index in [0.29, 0.717) is 0 Å². The number of para-hydroxylation sites is 1. The van der Waals surface area contributed by atoms with Crippen molar-refractivity contribution in [2.45, 2.75) is 6.36 Å². The number of hydrogen-bond acceptors (Lipinski definition) is 4. The summed E-state index contributed by atoms with van der Waals surface area (Å²) in [5.41, 5.74) is 0.114. The molecule has 0 saturated carbocycles. The topological polar surface area (TPSA) is 84.1 Å². The SMILES string of the molecule is O=C(Nc1cccc2c(=O)[nH]cnc12)c1cccc(OC(F)(F)F)c1. The Labute approximate surface area is 138 Å². The zero-order chi connectivity index (χ0) is 18.0. The molecular formula is C16H10F3N3O3. The summed E-state index contributed by atoms with van der Waals surface area (Å²) in [5.74, 6) is -1.17. The first-order valence-electron chi connectivity index (χ1n) is 6.97. The van der Waals surface area contributed by atoms with Gasteiger partial charge < -0.3 is 15.0 Å². The van der Waals surface area contributed by atoms with E-state index in [0.717, 1.165) is 12.1 Å². The number of anilines is 1. The number of rotatable bonds is 3. The molecule has 0 bridgehead atoms. The Hall–Kier alpha value is -3.36. The molecule has 25 heavy (non-hydrogen) atoms. The number of amides is 1. The van der Waals surface area contributed by atoms with E-state index in [1.54, 1.807) is 6.07 Å². The zero-order valence-electron chi connectivity index (χ0n) is 12.4. The fourth-order valence-electron chi connectivity index (χ4n) is 2.23. The quantitative estimate of drug-likeness (QED) is 0.761. The van der Waals surface area contributed by atoms with E-state index < -0.39 is 18.0 Å². The molecule has 0 aliphatic heterocycles. The van der Waals surface area contributed by atoms with E-state index in [1.807, 2.05) is 0 Å². The number of carbonyl (C=O) groups is 1. The molecule has 1 aromatic heterocycles. The number of nitrogens with one attached hydrogen (secondary N) is 2. The van der Waals surface area contributed by atoms with Crippen molar-refractivity contribution in [2.24, 2.45) is 0 Å². The van der Waals surface area contributed by atoms with Crippen LogP contribution in [0.25, 0.3) is 10.9 Å². The maximum Gasteiger partial charge on any atom is 0.573 e. The van der Waals surface area contributed by atoms with Gasteiger partial charge in [0.05, 0.1) is 17.4 Å². The third-order valence-corrected chi connectivity index (χ3v) is 3.25. The van der Waals surface area contributed by atoms with Crippen molar-refractivity contribution in [3.63, 3.8) is 0 Å². The Morgan fingerprint density at radius 1 is 1.16 bits per heavy atom. The highest BCUT2D eigenvalue weighted by molar-refractivity contribution is 6.08. The predicted octanol–water partition coefficient (Wildman–Crippen LogP) is 3.07. The Morgan fingerprint density at radius 2 is 1.92 bits per heavy atom. The van der Waals surface area contributed by atoms with Crippen LogP contribution in [0.15, 0.2) is 53.6 Å². The summed E-state index contributed by atoms with van der Waals surface area (Å²) in [4.78, 5) is 30.5. The third-order valence-electron chi connectivity index (χ3n) is 3.25. The van der Waals surface area contributed by atoms with Gasteiger partial charge in [-0.3, -0.25) is 9.59 Å². The van der Waals surface area contributed by atoms with E-state index in [-0.39, 0.29) is 27.7 Å². The molecule has 3 aromatic rings. The molecule has 0 radical (unpaired) electrons. The lowest BCUT2D eigenvalue weighted by Gasteiger charge is -2.11. The number of aromatic nitrogens is 2. The minimum absolute atomic E-state index is 0.0383. The van der Waals surface area contributed by atoms with Gasteiger partial charge in [0.2, 0.25) is 0 Å². The number of halogens is 3. The number of hydrogen-bond donors (Lipinski definition) is 2. The maximum atomic E-state index is 12.3. The second-order valence-corrected chi connectivity index (χ2v) is 4.96. The summed E-state index contributed by atoms with van der Waals surface area (Å²) in [6.07, 6.45) is -3.66. The number of carbonyl (C=O) groups excluding carboxylic acids is 1. The van der Waals surface area contributed by atoms with Crippen molar-refractivity contribution in [1.82, 2.24) is 9.97 Å². The lowest BCUT2D eigenvalue weighted by atomic mass is 10.1. The fraction of sp³-hybridized carbons (Fsp3) is 0.0625. The first-order valence-corrected chi connectivity index (χ1v) is 6.97. The fourth-order valence-corrected chi connectivity index (χ4v) is 2.23. The van der Waals surface area contributed by atoms with E-state index in [1.165, 1.54) is 30.6 Å². The van der Waals surface area contributed by atoms with Crippen LogP contribution in [0.4, 0.5) is 18.9 Å². The van der Waals surface area contributed by atoms with Crippen LogP contribution in [0.1, 0.15) is 10.4 Å². The number of alkyl halides is 3. The summed E-state index contributed by atoms with van der Waals surface area (Å²) in [6.45, 7) is 0. The summed E-state index contributed by atoms with van der Waals surface area (Å²) in [6, 6.07) is 9.28. The molecule has 6 nitrogen and oxygen atoms in total. The molecule has 1 heterocycles. The average Bonchev–Trinajstić information content (AvgIpc) is 2.54. The summed E-state index contributed by atoms with van der Waals surface area (Å²) in [7, 11) is 0. The number of fused-ring (bicyclic) bond motifs is 1. The highest BCUT2D eigenvalue weighted by Gasteiger charge is 2.31. The van der Waals surface area contributed by atoms with Gasteiger partial charge in [-0.2, -0.15) is 0 Å². The van der Waals surface area contributed by atoms with Crippen LogP contribution in [-0.2, 0) is 0 Å². The van der Waals surface area contributed by atoms with E-state index >= 15 is 0 Å². The van der Waals surface area contributed by atoms with Gasteiger partial charge in [0.15, 0.2) is 0 Å². The molecule has 0 aliphatic carbocycles. The monoisotopic (exact) mass is 349 g/mol. The van der Waals surface area contributed by atoms with Gasteiger partial charge in [-0.15, -0.1) is 13.2 Å². The molecule has 128 valence electrons. The standard InChI is InChI=1S/C16H10F3N3O3/c17-16(18,19)25-10-4-1-3-9(7-10)14(23)22-12-6-2-5-11-13(12)20-8-21-15(11)24/h1-8H,(H,22,23)(H,20,21,24). The zero-order valence-corrected chi connectivity index (χ0v) is 12.4. The third kappa shape index (κ3) is 3.77. The minimum Gasteiger partial charge on any atom is -0.406 e. The molecule has 0 atom stereocenters. The van der Waals surface area contributed by atoms with Crippen LogP contribution in [0.3, 0.4) is 0 Å². The second-order valence-electron chi connectivity index (χ2n) is 4.96. The van der Waals surface area contributed by atoms with Crippen molar-refractivity contribution in [1.29, 1.82) is 0 Å². The van der Waals surface area contributed by atoms with Crippen LogP contribution in [-0.4, -0.2) is 22.2 Å². The highest BCUT2D eigenvalue weighted by atomic mass is 19.4. The first-order chi connectivity index (χ1) is 11.8. The molecule has 2 N–H and O–H groups in total. The van der Waals surface area contributed by atoms with Gasteiger partial charge in [0, 0.05) is 5.56 Å². The molecule has 0 fully saturated rings. The largest absolute Gasteiger partial charge is 0.573 e. The first kappa shape index (κ1) is 16.5. The minimum atomic E-state index is -4.85. The molecule has 1 amide bonds. The smallest absolute Gasteiger partial charge is 0.406 e. The Balaban J connectivity index is 1.90. The van der Waals surface area contributed by atoms with Crippen molar-refractivity contribution in [3.05, 3.63) is 64.7 Å². The van der Waals surface area contributed by atoms with E-state index in [4.69, 9.17) is 0 Å². The maximum absolute atomic E-state index is 12.3. The number of H-pyrrole nitrogens is 1. The molecule has 3 rings (SSSR count). The van der Waals surface area contributed by atoms with Crippen LogP contribution < -0.4 is 15.6 Å². The second kappa shape index (κ2) is 6.27.